The zero-order valence-corrected chi connectivity index (χ0v) is 10.6. The Labute approximate surface area is 114 Å². The van der Waals surface area contributed by atoms with Crippen LogP contribution in [0.1, 0.15) is 5.56 Å². The van der Waals surface area contributed by atoms with E-state index >= 15 is 0 Å². The molecule has 0 bridgehead atoms. The lowest BCUT2D eigenvalue weighted by molar-refractivity contribution is -0.385. The molecule has 6 nitrogen and oxygen atoms in total. The van der Waals surface area contributed by atoms with Gasteiger partial charge in [-0.1, -0.05) is 24.3 Å². The van der Waals surface area contributed by atoms with E-state index in [4.69, 9.17) is 9.47 Å². The lowest BCUT2D eigenvalue weighted by Gasteiger charge is -2.06. The van der Waals surface area contributed by atoms with Gasteiger partial charge in [0.1, 0.15) is 5.75 Å². The van der Waals surface area contributed by atoms with Gasteiger partial charge in [-0.3, -0.25) is 10.1 Å². The number of para-hydroxylation sites is 1. The topological polar surface area (TPSA) is 78.7 Å². The molecular weight excluding hydrogens is 262 g/mol. The van der Waals surface area contributed by atoms with Gasteiger partial charge in [-0.05, 0) is 30.7 Å². The number of ether oxygens (including phenoxy) is 2. The van der Waals surface area contributed by atoms with E-state index in [1.165, 1.54) is 12.1 Å². The fourth-order valence-electron chi connectivity index (χ4n) is 1.55. The van der Waals surface area contributed by atoms with Gasteiger partial charge in [0.15, 0.2) is 0 Å². The van der Waals surface area contributed by atoms with Gasteiger partial charge in [-0.2, -0.15) is 0 Å². The summed E-state index contributed by atoms with van der Waals surface area (Å²) in [5.41, 5.74) is 0.412. The average molecular weight is 273 g/mol. The first-order valence-electron chi connectivity index (χ1n) is 5.76. The van der Waals surface area contributed by atoms with Crippen LogP contribution in [0.4, 0.5) is 10.5 Å². The van der Waals surface area contributed by atoms with Crippen molar-refractivity contribution >= 4 is 11.8 Å². The van der Waals surface area contributed by atoms with Crippen LogP contribution in [0, 0.1) is 17.0 Å². The first-order chi connectivity index (χ1) is 9.56. The maximum Gasteiger partial charge on any atom is 0.519 e. The number of carbonyl (C=O) groups is 1. The van der Waals surface area contributed by atoms with Gasteiger partial charge < -0.3 is 9.47 Å². The maximum absolute atomic E-state index is 11.6. The lowest BCUT2D eigenvalue weighted by Crippen LogP contribution is -2.14. The second-order valence-electron chi connectivity index (χ2n) is 4.00. The van der Waals surface area contributed by atoms with Crippen molar-refractivity contribution in [3.05, 3.63) is 64.2 Å². The van der Waals surface area contributed by atoms with Gasteiger partial charge in [0.2, 0.25) is 5.75 Å². The van der Waals surface area contributed by atoms with Crippen LogP contribution < -0.4 is 9.47 Å². The Morgan fingerprint density at radius 3 is 2.45 bits per heavy atom. The molecule has 102 valence electrons. The Morgan fingerprint density at radius 2 is 1.80 bits per heavy atom. The van der Waals surface area contributed by atoms with E-state index in [0.29, 0.717) is 11.3 Å². The highest BCUT2D eigenvalue weighted by Gasteiger charge is 2.19. The Balaban J connectivity index is 2.14. The van der Waals surface area contributed by atoms with E-state index in [2.05, 4.69) is 0 Å². The summed E-state index contributed by atoms with van der Waals surface area (Å²) in [6.45, 7) is 1.71. The Kier molecular flexibility index (Phi) is 3.95. The molecule has 0 unspecified atom stereocenters. The number of nitrogens with zero attached hydrogens (tertiary/aromatic N) is 1. The van der Waals surface area contributed by atoms with E-state index in [9.17, 15) is 14.9 Å². The number of hydrogen-bond donors (Lipinski definition) is 0. The van der Waals surface area contributed by atoms with Crippen molar-refractivity contribution in [3.8, 4) is 11.5 Å². The van der Waals surface area contributed by atoms with Crippen LogP contribution in [-0.4, -0.2) is 11.1 Å². The molecule has 6 heteroatoms. The van der Waals surface area contributed by atoms with Gasteiger partial charge in [-0.15, -0.1) is 0 Å². The van der Waals surface area contributed by atoms with Crippen molar-refractivity contribution in [3.63, 3.8) is 0 Å². The molecular formula is C14H11NO5. The predicted molar refractivity (Wildman–Crippen MR) is 70.9 cm³/mol. The third-order valence-electron chi connectivity index (χ3n) is 2.45. The van der Waals surface area contributed by atoms with Gasteiger partial charge in [0, 0.05) is 6.07 Å². The number of rotatable bonds is 3. The average Bonchev–Trinajstić information content (AvgIpc) is 2.41. The quantitative estimate of drug-likeness (QED) is 0.370. The van der Waals surface area contributed by atoms with Crippen LogP contribution in [0.25, 0.3) is 0 Å². The maximum atomic E-state index is 11.6. The van der Waals surface area contributed by atoms with Crippen LogP contribution in [-0.2, 0) is 0 Å². The minimum Gasteiger partial charge on any atom is -0.395 e. The molecule has 20 heavy (non-hydrogen) atoms. The van der Waals surface area contributed by atoms with Gasteiger partial charge in [0.05, 0.1) is 4.92 Å². The number of benzene rings is 2. The van der Waals surface area contributed by atoms with E-state index in [1.54, 1.807) is 43.3 Å². The Hall–Kier alpha value is -2.89. The summed E-state index contributed by atoms with van der Waals surface area (Å²) < 4.78 is 9.76. The third-order valence-corrected chi connectivity index (χ3v) is 2.45. The summed E-state index contributed by atoms with van der Waals surface area (Å²) >= 11 is 0. The molecule has 0 aliphatic rings. The van der Waals surface area contributed by atoms with Crippen LogP contribution in [0.2, 0.25) is 0 Å². The van der Waals surface area contributed by atoms with Crippen LogP contribution in [0.3, 0.4) is 0 Å². The summed E-state index contributed by atoms with van der Waals surface area (Å²) in [5, 5.41) is 10.9. The van der Waals surface area contributed by atoms with Crippen LogP contribution in [0.15, 0.2) is 48.5 Å². The highest BCUT2D eigenvalue weighted by Crippen LogP contribution is 2.28. The second kappa shape index (κ2) is 5.83. The largest absolute Gasteiger partial charge is 0.519 e. The first-order valence-corrected chi connectivity index (χ1v) is 5.76. The lowest BCUT2D eigenvalue weighted by atomic mass is 10.2. The van der Waals surface area contributed by atoms with Gasteiger partial charge >= 0.3 is 11.8 Å². The number of hydrogen-bond acceptors (Lipinski definition) is 5. The number of nitro groups is 1. The standard InChI is InChI=1S/C14H11NO5/c1-10-7-8-13(12(9-10)15(17)18)20-14(16)19-11-5-3-2-4-6-11/h2-9H,1H3. The van der Waals surface area contributed by atoms with Gasteiger partial charge in [-0.25, -0.2) is 4.79 Å². The normalized spacial score (nSPS) is 9.85. The fraction of sp³-hybridized carbons (Fsp3) is 0.0714. The molecule has 0 aliphatic carbocycles. The van der Waals surface area contributed by atoms with E-state index < -0.39 is 11.1 Å². The Bertz CT molecular complexity index is 639. The molecule has 0 N–H and O–H groups in total. The van der Waals surface area contributed by atoms with E-state index in [1.807, 2.05) is 0 Å². The molecule has 0 aromatic heterocycles. The second-order valence-corrected chi connectivity index (χ2v) is 4.00. The molecule has 2 aromatic rings. The van der Waals surface area contributed by atoms with Crippen LogP contribution in [0.5, 0.6) is 11.5 Å². The van der Waals surface area contributed by atoms with Crippen molar-refractivity contribution in [2.45, 2.75) is 6.92 Å². The highest BCUT2D eigenvalue weighted by molar-refractivity contribution is 5.69. The number of carbonyl (C=O) groups excluding carboxylic acids is 1. The third kappa shape index (κ3) is 3.32. The summed E-state index contributed by atoms with van der Waals surface area (Å²) in [6, 6.07) is 12.6. The smallest absolute Gasteiger partial charge is 0.395 e. The van der Waals surface area contributed by atoms with Crippen molar-refractivity contribution in [1.29, 1.82) is 0 Å². The summed E-state index contributed by atoms with van der Waals surface area (Å²) in [4.78, 5) is 21.8. The molecule has 0 atom stereocenters. The minimum atomic E-state index is -1.02. The monoisotopic (exact) mass is 273 g/mol. The van der Waals surface area contributed by atoms with Gasteiger partial charge in [0.25, 0.3) is 0 Å². The predicted octanol–water partition coefficient (Wildman–Crippen LogP) is 3.48. The molecule has 2 aromatic carbocycles. The number of nitro benzene ring substituents is 1. The molecule has 0 fully saturated rings. The van der Waals surface area contributed by atoms with Crippen molar-refractivity contribution in [2.75, 3.05) is 0 Å². The summed E-state index contributed by atoms with van der Waals surface area (Å²) in [7, 11) is 0. The molecule has 2 rings (SSSR count). The molecule has 0 saturated heterocycles. The molecule has 0 radical (unpaired) electrons. The van der Waals surface area contributed by atoms with Crippen molar-refractivity contribution in [1.82, 2.24) is 0 Å². The summed E-state index contributed by atoms with van der Waals surface area (Å²) in [5.74, 6) is 0.147. The van der Waals surface area contributed by atoms with Crippen molar-refractivity contribution in [2.24, 2.45) is 0 Å². The van der Waals surface area contributed by atoms with Crippen molar-refractivity contribution < 1.29 is 19.2 Å². The van der Waals surface area contributed by atoms with E-state index in [0.717, 1.165) is 0 Å². The first kappa shape index (κ1) is 13.5. The van der Waals surface area contributed by atoms with E-state index in [-0.39, 0.29) is 11.4 Å². The van der Waals surface area contributed by atoms with Crippen LogP contribution >= 0.6 is 0 Å². The minimum absolute atomic E-state index is 0.151. The molecule has 0 heterocycles. The highest BCUT2D eigenvalue weighted by atomic mass is 16.7. The molecule has 0 aliphatic heterocycles. The molecule has 0 saturated carbocycles. The zero-order valence-electron chi connectivity index (χ0n) is 10.6. The Morgan fingerprint density at radius 1 is 1.10 bits per heavy atom. The fourth-order valence-corrected chi connectivity index (χ4v) is 1.55. The zero-order chi connectivity index (χ0) is 14.5. The SMILES string of the molecule is Cc1ccc(OC(=O)Oc2ccccc2)c([N+](=O)[O-])c1. The number of aryl methyl sites for hydroxylation is 1. The molecule has 0 amide bonds. The molecule has 0 spiro atoms. The summed E-state index contributed by atoms with van der Waals surface area (Å²) in [6.07, 6.45) is -1.02.